The molecule has 1 amide bonds. The van der Waals surface area contributed by atoms with E-state index < -0.39 is 6.23 Å². The standard InChI is InChI=1S/C8H11N3O3/c1-10-2-3-11-4-9-7(13)6(12)5(11)8(10)14/h4,7,12-13H,2-3H2,1H3. The molecule has 0 bridgehead atoms. The summed E-state index contributed by atoms with van der Waals surface area (Å²) in [7, 11) is 1.65. The van der Waals surface area contributed by atoms with E-state index in [0.29, 0.717) is 13.1 Å². The second kappa shape index (κ2) is 2.98. The van der Waals surface area contributed by atoms with Crippen molar-refractivity contribution < 1.29 is 15.0 Å². The molecule has 1 atom stereocenters. The summed E-state index contributed by atoms with van der Waals surface area (Å²) in [5, 5.41) is 18.7. The number of nitrogens with zero attached hydrogens (tertiary/aromatic N) is 3. The van der Waals surface area contributed by atoms with E-state index >= 15 is 0 Å². The maximum Gasteiger partial charge on any atom is 0.274 e. The first kappa shape index (κ1) is 9.01. The highest BCUT2D eigenvalue weighted by atomic mass is 16.3. The average molecular weight is 197 g/mol. The van der Waals surface area contributed by atoms with Gasteiger partial charge < -0.3 is 20.0 Å². The molecular formula is C8H11N3O3. The van der Waals surface area contributed by atoms with Crippen molar-refractivity contribution in [2.24, 2.45) is 4.99 Å². The lowest BCUT2D eigenvalue weighted by Crippen LogP contribution is -2.49. The van der Waals surface area contributed by atoms with Gasteiger partial charge in [0, 0.05) is 20.1 Å². The molecule has 6 heteroatoms. The molecule has 0 aliphatic carbocycles. The minimum absolute atomic E-state index is 0.126. The quantitative estimate of drug-likeness (QED) is 0.516. The Bertz CT molecular complexity index is 337. The van der Waals surface area contributed by atoms with E-state index in [1.165, 1.54) is 11.2 Å². The van der Waals surface area contributed by atoms with E-state index in [2.05, 4.69) is 4.99 Å². The third-order valence-electron chi connectivity index (χ3n) is 2.35. The van der Waals surface area contributed by atoms with Crippen LogP contribution in [0.3, 0.4) is 0 Å². The summed E-state index contributed by atoms with van der Waals surface area (Å²) in [5.74, 6) is -0.664. The molecule has 2 rings (SSSR count). The molecule has 0 spiro atoms. The topological polar surface area (TPSA) is 76.4 Å². The first-order valence-corrected chi connectivity index (χ1v) is 4.28. The van der Waals surface area contributed by atoms with Gasteiger partial charge in [0.05, 0.1) is 6.34 Å². The lowest BCUT2D eigenvalue weighted by atomic mass is 10.2. The number of rotatable bonds is 0. The predicted octanol–water partition coefficient (Wildman–Crippen LogP) is -1.11. The number of hydrogen-bond donors (Lipinski definition) is 2. The molecular weight excluding hydrogens is 186 g/mol. The minimum Gasteiger partial charge on any atom is -0.506 e. The van der Waals surface area contributed by atoms with Crippen molar-refractivity contribution in [3.05, 3.63) is 11.5 Å². The molecule has 76 valence electrons. The van der Waals surface area contributed by atoms with Crippen molar-refractivity contribution >= 4 is 12.2 Å². The second-order valence-corrected chi connectivity index (χ2v) is 3.29. The normalized spacial score (nSPS) is 27.0. The van der Waals surface area contributed by atoms with E-state index in [0.717, 1.165) is 0 Å². The van der Waals surface area contributed by atoms with Crippen LogP contribution in [-0.2, 0) is 4.79 Å². The first-order valence-electron chi connectivity index (χ1n) is 4.28. The van der Waals surface area contributed by atoms with Crippen LogP contribution in [-0.4, -0.2) is 58.6 Å². The summed E-state index contributed by atoms with van der Waals surface area (Å²) in [6.45, 7) is 1.16. The van der Waals surface area contributed by atoms with E-state index in [4.69, 9.17) is 0 Å². The third kappa shape index (κ3) is 1.15. The molecule has 2 aliphatic heterocycles. The summed E-state index contributed by atoms with van der Waals surface area (Å²) in [5.41, 5.74) is 0.126. The highest BCUT2D eigenvalue weighted by Crippen LogP contribution is 2.21. The fourth-order valence-corrected chi connectivity index (χ4v) is 1.48. The molecule has 1 saturated heterocycles. The fraction of sp³-hybridized carbons (Fsp3) is 0.500. The van der Waals surface area contributed by atoms with Gasteiger partial charge in [-0.05, 0) is 0 Å². The van der Waals surface area contributed by atoms with Crippen LogP contribution in [0.1, 0.15) is 0 Å². The number of carbonyl (C=O) groups is 1. The Hall–Kier alpha value is -1.56. The van der Waals surface area contributed by atoms with Crippen molar-refractivity contribution in [3.8, 4) is 0 Å². The Labute approximate surface area is 80.8 Å². The van der Waals surface area contributed by atoms with E-state index in [1.807, 2.05) is 0 Å². The van der Waals surface area contributed by atoms with Gasteiger partial charge >= 0.3 is 0 Å². The Morgan fingerprint density at radius 3 is 3.00 bits per heavy atom. The van der Waals surface area contributed by atoms with Crippen LogP contribution >= 0.6 is 0 Å². The Kier molecular flexibility index (Phi) is 1.92. The van der Waals surface area contributed by atoms with Gasteiger partial charge in [-0.15, -0.1) is 0 Å². The lowest BCUT2D eigenvalue weighted by molar-refractivity contribution is -0.129. The number of aliphatic hydroxyl groups is 2. The zero-order valence-corrected chi connectivity index (χ0v) is 7.71. The Balaban J connectivity index is 2.39. The van der Waals surface area contributed by atoms with Crippen LogP contribution in [0, 0.1) is 0 Å². The number of carbonyl (C=O) groups excluding carboxylic acids is 1. The molecule has 6 nitrogen and oxygen atoms in total. The van der Waals surface area contributed by atoms with E-state index in [-0.39, 0.29) is 17.4 Å². The number of piperazine rings is 1. The van der Waals surface area contributed by atoms with Crippen molar-refractivity contribution in [1.29, 1.82) is 0 Å². The summed E-state index contributed by atoms with van der Waals surface area (Å²) in [6, 6.07) is 0. The van der Waals surface area contributed by atoms with Crippen LogP contribution in [0.5, 0.6) is 0 Å². The van der Waals surface area contributed by atoms with Crippen molar-refractivity contribution in [1.82, 2.24) is 9.80 Å². The molecule has 0 aromatic heterocycles. The van der Waals surface area contributed by atoms with Gasteiger partial charge in [0.15, 0.2) is 11.5 Å². The number of fused-ring (bicyclic) bond motifs is 1. The number of aliphatic imine (C=N–C) groups is 1. The molecule has 2 N–H and O–H groups in total. The van der Waals surface area contributed by atoms with Gasteiger partial charge in [-0.1, -0.05) is 0 Å². The maximum atomic E-state index is 11.6. The van der Waals surface area contributed by atoms with Gasteiger partial charge in [0.25, 0.3) is 5.91 Å². The first-order chi connectivity index (χ1) is 6.61. The Morgan fingerprint density at radius 1 is 1.57 bits per heavy atom. The van der Waals surface area contributed by atoms with Crippen LogP contribution in [0.2, 0.25) is 0 Å². The largest absolute Gasteiger partial charge is 0.506 e. The molecule has 14 heavy (non-hydrogen) atoms. The van der Waals surface area contributed by atoms with E-state index in [1.54, 1.807) is 11.9 Å². The smallest absolute Gasteiger partial charge is 0.274 e. The van der Waals surface area contributed by atoms with Gasteiger partial charge in [-0.25, -0.2) is 4.99 Å². The van der Waals surface area contributed by atoms with Gasteiger partial charge in [0.2, 0.25) is 6.23 Å². The lowest BCUT2D eigenvalue weighted by Gasteiger charge is -2.35. The van der Waals surface area contributed by atoms with Gasteiger partial charge in [-0.3, -0.25) is 4.79 Å². The number of amides is 1. The number of hydrogen-bond acceptors (Lipinski definition) is 5. The molecule has 0 saturated carbocycles. The zero-order chi connectivity index (χ0) is 10.3. The predicted molar refractivity (Wildman–Crippen MR) is 48.5 cm³/mol. The maximum absolute atomic E-state index is 11.6. The van der Waals surface area contributed by atoms with Crippen LogP contribution in [0.15, 0.2) is 16.4 Å². The summed E-state index contributed by atoms with van der Waals surface area (Å²) >= 11 is 0. The second-order valence-electron chi connectivity index (χ2n) is 3.29. The molecule has 2 aliphatic rings. The van der Waals surface area contributed by atoms with Crippen LogP contribution in [0.25, 0.3) is 0 Å². The fourth-order valence-electron chi connectivity index (χ4n) is 1.48. The molecule has 1 fully saturated rings. The molecule has 0 aromatic rings. The van der Waals surface area contributed by atoms with Crippen molar-refractivity contribution in [2.45, 2.75) is 6.23 Å². The highest BCUT2D eigenvalue weighted by Gasteiger charge is 2.33. The third-order valence-corrected chi connectivity index (χ3v) is 2.35. The zero-order valence-electron chi connectivity index (χ0n) is 7.71. The number of aliphatic hydroxyl groups excluding tert-OH is 2. The Morgan fingerprint density at radius 2 is 2.29 bits per heavy atom. The van der Waals surface area contributed by atoms with Gasteiger partial charge in [-0.2, -0.15) is 0 Å². The molecule has 0 radical (unpaired) electrons. The van der Waals surface area contributed by atoms with Crippen LogP contribution < -0.4 is 0 Å². The highest BCUT2D eigenvalue weighted by molar-refractivity contribution is 5.97. The number of likely N-dealkylation sites (N-methyl/N-ethyl adjacent to an activating group) is 1. The molecule has 2 heterocycles. The molecule has 0 aromatic carbocycles. The van der Waals surface area contributed by atoms with Gasteiger partial charge in [0.1, 0.15) is 0 Å². The SMILES string of the molecule is CN1CCN2C=NC(O)C(O)=C2C1=O. The summed E-state index contributed by atoms with van der Waals surface area (Å²) in [4.78, 5) is 18.3. The van der Waals surface area contributed by atoms with Crippen molar-refractivity contribution in [3.63, 3.8) is 0 Å². The summed E-state index contributed by atoms with van der Waals surface area (Å²) < 4.78 is 0. The monoisotopic (exact) mass is 197 g/mol. The summed E-state index contributed by atoms with van der Waals surface area (Å²) in [6.07, 6.45) is 0.0710. The van der Waals surface area contributed by atoms with Crippen molar-refractivity contribution in [2.75, 3.05) is 20.1 Å². The average Bonchev–Trinajstić information content (AvgIpc) is 2.17. The van der Waals surface area contributed by atoms with E-state index in [9.17, 15) is 15.0 Å². The molecule has 1 unspecified atom stereocenters. The minimum atomic E-state index is -1.31. The van der Waals surface area contributed by atoms with Crippen LogP contribution in [0.4, 0.5) is 0 Å².